The van der Waals surface area contributed by atoms with Gasteiger partial charge in [-0.2, -0.15) is 0 Å². The first-order valence-corrected chi connectivity index (χ1v) is 9.43. The van der Waals surface area contributed by atoms with Gasteiger partial charge in [-0.15, -0.1) is 0 Å². The van der Waals surface area contributed by atoms with Crippen molar-refractivity contribution in [1.82, 2.24) is 15.5 Å². The molecule has 4 nitrogen and oxygen atoms in total. The van der Waals surface area contributed by atoms with E-state index in [1.165, 1.54) is 24.9 Å². The van der Waals surface area contributed by atoms with Crippen LogP contribution in [0.4, 0.5) is 0 Å². The summed E-state index contributed by atoms with van der Waals surface area (Å²) in [5.74, 6) is 2.50. The molecule has 0 radical (unpaired) electrons. The van der Waals surface area contributed by atoms with Gasteiger partial charge in [-0.25, -0.2) is 0 Å². The lowest BCUT2D eigenvalue weighted by atomic mass is 9.74. The van der Waals surface area contributed by atoms with E-state index in [1.807, 2.05) is 0 Å². The molecule has 2 N–H and O–H groups in total. The van der Waals surface area contributed by atoms with Gasteiger partial charge in [-0.05, 0) is 55.3 Å². The average molecular weight is 332 g/mol. The molecule has 2 heterocycles. The Morgan fingerprint density at radius 1 is 1.21 bits per heavy atom. The predicted octanol–water partition coefficient (Wildman–Crippen LogP) is 2.49. The molecule has 2 aliphatic rings. The van der Waals surface area contributed by atoms with Crippen molar-refractivity contribution >= 4 is 0 Å². The fraction of sp³-hybridized carbons (Fsp3) is 0.700. The van der Waals surface area contributed by atoms with Gasteiger partial charge in [0.25, 0.3) is 0 Å². The van der Waals surface area contributed by atoms with Gasteiger partial charge >= 0.3 is 0 Å². The highest BCUT2D eigenvalue weighted by atomic mass is 16.5. The molecule has 0 aromatic heterocycles. The monoisotopic (exact) mass is 331 g/mol. The molecule has 2 fully saturated rings. The molecular formula is C20H33N3O. The maximum absolute atomic E-state index is 5.26. The smallest absolute Gasteiger partial charge is 0.118 e. The number of nitrogens with zero attached hydrogens (tertiary/aromatic N) is 1. The second-order valence-electron chi connectivity index (χ2n) is 7.84. The second-order valence-corrected chi connectivity index (χ2v) is 7.84. The van der Waals surface area contributed by atoms with Crippen LogP contribution in [-0.4, -0.2) is 50.4 Å². The van der Waals surface area contributed by atoms with Crippen molar-refractivity contribution in [2.75, 3.05) is 40.0 Å². The summed E-state index contributed by atoms with van der Waals surface area (Å²) in [6.45, 7) is 10.3. The maximum atomic E-state index is 5.26. The molecule has 0 saturated carbocycles. The van der Waals surface area contributed by atoms with Crippen LogP contribution in [0.5, 0.6) is 5.75 Å². The van der Waals surface area contributed by atoms with Gasteiger partial charge in [0, 0.05) is 31.8 Å². The lowest BCUT2D eigenvalue weighted by Gasteiger charge is -2.48. The van der Waals surface area contributed by atoms with E-state index >= 15 is 0 Å². The van der Waals surface area contributed by atoms with E-state index in [4.69, 9.17) is 4.74 Å². The number of rotatable bonds is 6. The lowest BCUT2D eigenvalue weighted by molar-refractivity contribution is 0.0458. The third-order valence-corrected chi connectivity index (χ3v) is 5.81. The molecule has 0 bridgehead atoms. The van der Waals surface area contributed by atoms with Crippen molar-refractivity contribution in [2.24, 2.45) is 11.8 Å². The van der Waals surface area contributed by atoms with E-state index in [-0.39, 0.29) is 0 Å². The Bertz CT molecular complexity index is 516. The van der Waals surface area contributed by atoms with Gasteiger partial charge in [0.15, 0.2) is 0 Å². The third-order valence-electron chi connectivity index (χ3n) is 5.81. The SMILES string of the molecule is COc1ccc(CCN2CNCC23CNCCC3CC(C)C)cc1. The van der Waals surface area contributed by atoms with Gasteiger partial charge in [0.05, 0.1) is 7.11 Å². The van der Waals surface area contributed by atoms with Crippen molar-refractivity contribution in [2.45, 2.75) is 38.6 Å². The highest BCUT2D eigenvalue weighted by Crippen LogP contribution is 2.36. The predicted molar refractivity (Wildman–Crippen MR) is 99.4 cm³/mol. The van der Waals surface area contributed by atoms with Gasteiger partial charge in [0.2, 0.25) is 0 Å². The molecule has 0 aliphatic carbocycles. The highest BCUT2D eigenvalue weighted by Gasteiger charge is 2.47. The Hall–Kier alpha value is -1.10. The number of piperidine rings is 1. The topological polar surface area (TPSA) is 36.5 Å². The van der Waals surface area contributed by atoms with Crippen LogP contribution in [0.3, 0.4) is 0 Å². The Kier molecular flexibility index (Phi) is 5.80. The molecule has 2 atom stereocenters. The second kappa shape index (κ2) is 7.85. The summed E-state index contributed by atoms with van der Waals surface area (Å²) in [4.78, 5) is 2.70. The van der Waals surface area contributed by atoms with Crippen LogP contribution >= 0.6 is 0 Å². The number of hydrogen-bond acceptors (Lipinski definition) is 4. The van der Waals surface area contributed by atoms with Gasteiger partial charge in [-0.3, -0.25) is 4.90 Å². The minimum absolute atomic E-state index is 0.301. The Labute approximate surface area is 147 Å². The van der Waals surface area contributed by atoms with Crippen molar-refractivity contribution in [3.05, 3.63) is 29.8 Å². The summed E-state index contributed by atoms with van der Waals surface area (Å²) >= 11 is 0. The number of hydrogen-bond donors (Lipinski definition) is 2. The molecular weight excluding hydrogens is 298 g/mol. The molecule has 1 aromatic rings. The number of methoxy groups -OCH3 is 1. The normalized spacial score (nSPS) is 27.9. The molecule has 2 aliphatic heterocycles. The summed E-state index contributed by atoms with van der Waals surface area (Å²) in [5.41, 5.74) is 1.69. The summed E-state index contributed by atoms with van der Waals surface area (Å²) in [6.07, 6.45) is 3.74. The minimum atomic E-state index is 0.301. The molecule has 3 rings (SSSR count). The minimum Gasteiger partial charge on any atom is -0.497 e. The van der Waals surface area contributed by atoms with Crippen molar-refractivity contribution < 1.29 is 4.74 Å². The largest absolute Gasteiger partial charge is 0.497 e. The quantitative estimate of drug-likeness (QED) is 0.840. The van der Waals surface area contributed by atoms with Crippen molar-refractivity contribution in [3.63, 3.8) is 0 Å². The zero-order valence-electron chi connectivity index (χ0n) is 15.5. The summed E-state index contributed by atoms with van der Waals surface area (Å²) in [7, 11) is 1.72. The van der Waals surface area contributed by atoms with Crippen LogP contribution in [0.15, 0.2) is 24.3 Å². The number of nitrogens with one attached hydrogen (secondary N) is 2. The van der Waals surface area contributed by atoms with Crippen LogP contribution in [0, 0.1) is 11.8 Å². The Morgan fingerprint density at radius 2 is 1.96 bits per heavy atom. The Balaban J connectivity index is 1.66. The standard InChI is InChI=1S/C20H33N3O/c1-16(2)12-18-8-10-21-13-20(18)14-22-15-23(20)11-9-17-4-6-19(24-3)7-5-17/h4-7,16,18,21-22H,8-15H2,1-3H3. The summed E-state index contributed by atoms with van der Waals surface area (Å²) in [6, 6.07) is 8.52. The molecule has 0 amide bonds. The first-order valence-electron chi connectivity index (χ1n) is 9.43. The average Bonchev–Trinajstić information content (AvgIpc) is 2.98. The molecule has 1 aromatic carbocycles. The van der Waals surface area contributed by atoms with Crippen LogP contribution in [-0.2, 0) is 6.42 Å². The van der Waals surface area contributed by atoms with E-state index in [9.17, 15) is 0 Å². The molecule has 134 valence electrons. The zero-order valence-corrected chi connectivity index (χ0v) is 15.5. The van der Waals surface area contributed by atoms with Gasteiger partial charge in [0.1, 0.15) is 5.75 Å². The van der Waals surface area contributed by atoms with Crippen molar-refractivity contribution in [3.8, 4) is 5.75 Å². The maximum Gasteiger partial charge on any atom is 0.118 e. The van der Waals surface area contributed by atoms with Crippen LogP contribution in [0.1, 0.15) is 32.3 Å². The van der Waals surface area contributed by atoms with Crippen LogP contribution in [0.2, 0.25) is 0 Å². The molecule has 24 heavy (non-hydrogen) atoms. The fourth-order valence-electron chi connectivity index (χ4n) is 4.51. The molecule has 2 unspecified atom stereocenters. The molecule has 4 heteroatoms. The van der Waals surface area contributed by atoms with Crippen molar-refractivity contribution in [1.29, 1.82) is 0 Å². The highest BCUT2D eigenvalue weighted by molar-refractivity contribution is 5.27. The zero-order chi connectivity index (χ0) is 17.0. The Morgan fingerprint density at radius 3 is 2.67 bits per heavy atom. The van der Waals surface area contributed by atoms with E-state index in [0.29, 0.717) is 5.54 Å². The summed E-state index contributed by atoms with van der Waals surface area (Å²) < 4.78 is 5.26. The fourth-order valence-corrected chi connectivity index (χ4v) is 4.51. The first kappa shape index (κ1) is 17.7. The number of benzene rings is 1. The third kappa shape index (κ3) is 3.76. The van der Waals surface area contributed by atoms with Gasteiger partial charge in [-0.1, -0.05) is 26.0 Å². The van der Waals surface area contributed by atoms with E-state index in [1.54, 1.807) is 7.11 Å². The van der Waals surface area contributed by atoms with Crippen LogP contribution < -0.4 is 15.4 Å². The molecule has 1 spiro atoms. The summed E-state index contributed by atoms with van der Waals surface area (Å²) in [5, 5.41) is 7.32. The number of ether oxygens (including phenoxy) is 1. The van der Waals surface area contributed by atoms with Gasteiger partial charge < -0.3 is 15.4 Å². The van der Waals surface area contributed by atoms with E-state index in [2.05, 4.69) is 53.6 Å². The van der Waals surface area contributed by atoms with E-state index < -0.39 is 0 Å². The molecule has 2 saturated heterocycles. The first-order chi connectivity index (χ1) is 11.6. The lowest BCUT2D eigenvalue weighted by Crippen LogP contribution is -2.62. The van der Waals surface area contributed by atoms with E-state index in [0.717, 1.165) is 50.3 Å². The van der Waals surface area contributed by atoms with Crippen LogP contribution in [0.25, 0.3) is 0 Å².